The second-order valence-corrected chi connectivity index (χ2v) is 5.70. The van der Waals surface area contributed by atoms with E-state index in [1.54, 1.807) is 20.8 Å². The van der Waals surface area contributed by atoms with Gasteiger partial charge < -0.3 is 15.7 Å². The predicted octanol–water partition coefficient (Wildman–Crippen LogP) is 2.33. The fourth-order valence-electron chi connectivity index (χ4n) is 1.84. The molecule has 0 bridgehead atoms. The number of halogens is 3. The lowest BCUT2D eigenvalue weighted by atomic mass is 10.1. The van der Waals surface area contributed by atoms with E-state index in [0.717, 1.165) is 6.07 Å². The largest absolute Gasteiger partial charge is 0.433 e. The zero-order valence-electron chi connectivity index (χ0n) is 12.0. The Kier molecular flexibility index (Phi) is 5.16. The van der Waals surface area contributed by atoms with Crippen LogP contribution in [0, 0.1) is 0 Å². The molecule has 0 spiro atoms. The summed E-state index contributed by atoms with van der Waals surface area (Å²) in [7, 11) is 0. The Morgan fingerprint density at radius 2 is 1.95 bits per heavy atom. The first-order valence-electron chi connectivity index (χ1n) is 6.31. The van der Waals surface area contributed by atoms with Crippen molar-refractivity contribution in [2.24, 2.45) is 5.73 Å². The van der Waals surface area contributed by atoms with Gasteiger partial charge in [0.1, 0.15) is 16.5 Å². The maximum absolute atomic E-state index is 12.8. The molecule has 0 unspecified atom stereocenters. The third-order valence-corrected chi connectivity index (χ3v) is 2.91. The van der Waals surface area contributed by atoms with Crippen LogP contribution in [0.2, 0.25) is 0 Å². The fourth-order valence-corrected chi connectivity index (χ4v) is 2.00. The molecule has 1 aromatic rings. The molecule has 21 heavy (non-hydrogen) atoms. The van der Waals surface area contributed by atoms with Crippen molar-refractivity contribution < 1.29 is 18.3 Å². The normalized spacial score (nSPS) is 12.3. The molecule has 1 aromatic heterocycles. The third-order valence-electron chi connectivity index (χ3n) is 2.69. The summed E-state index contributed by atoms with van der Waals surface area (Å²) >= 11 is 4.86. The van der Waals surface area contributed by atoms with Crippen LogP contribution >= 0.6 is 12.2 Å². The number of aromatic nitrogens is 1. The highest BCUT2D eigenvalue weighted by atomic mass is 32.1. The quantitative estimate of drug-likeness (QED) is 0.815. The Hall–Kier alpha value is -1.41. The molecule has 0 radical (unpaired) electrons. The Morgan fingerprint density at radius 3 is 2.33 bits per heavy atom. The maximum Gasteiger partial charge on any atom is 0.433 e. The summed E-state index contributed by atoms with van der Waals surface area (Å²) in [6.07, 6.45) is -4.56. The average molecular weight is 321 g/mol. The van der Waals surface area contributed by atoms with Crippen molar-refractivity contribution in [3.05, 3.63) is 23.4 Å². The number of anilines is 1. The number of rotatable bonds is 5. The molecule has 0 atom stereocenters. The topological polar surface area (TPSA) is 62.4 Å². The minimum absolute atomic E-state index is 0.0296. The monoisotopic (exact) mass is 321 g/mol. The van der Waals surface area contributed by atoms with Gasteiger partial charge in [0, 0.05) is 13.1 Å². The van der Waals surface area contributed by atoms with Crippen molar-refractivity contribution in [2.45, 2.75) is 32.5 Å². The van der Waals surface area contributed by atoms with Gasteiger partial charge in [0.05, 0.1) is 11.2 Å². The molecule has 0 saturated carbocycles. The number of likely N-dealkylation sites (N-methyl/N-ethyl adjacent to an activating group) is 1. The molecule has 0 aromatic carbocycles. The Balaban J connectivity index is 3.37. The minimum Gasteiger partial charge on any atom is -0.389 e. The van der Waals surface area contributed by atoms with Gasteiger partial charge in [-0.15, -0.1) is 0 Å². The van der Waals surface area contributed by atoms with Crippen LogP contribution in [0.1, 0.15) is 32.0 Å². The molecule has 1 rings (SSSR count). The maximum atomic E-state index is 12.8. The van der Waals surface area contributed by atoms with E-state index in [0.29, 0.717) is 6.54 Å². The van der Waals surface area contributed by atoms with Crippen LogP contribution in [0.25, 0.3) is 0 Å². The van der Waals surface area contributed by atoms with Gasteiger partial charge in [-0.1, -0.05) is 12.2 Å². The SMILES string of the molecule is CCN(CC(C)(C)O)c1nc(C(F)(F)F)ccc1C(N)=S. The molecular weight excluding hydrogens is 303 g/mol. The van der Waals surface area contributed by atoms with Gasteiger partial charge >= 0.3 is 6.18 Å². The number of nitrogens with zero attached hydrogens (tertiary/aromatic N) is 2. The van der Waals surface area contributed by atoms with Gasteiger partial charge in [0.15, 0.2) is 0 Å². The van der Waals surface area contributed by atoms with Crippen LogP contribution < -0.4 is 10.6 Å². The molecule has 0 aliphatic rings. The molecule has 4 nitrogen and oxygen atoms in total. The molecule has 0 saturated heterocycles. The van der Waals surface area contributed by atoms with Crippen molar-refractivity contribution >= 4 is 23.0 Å². The third kappa shape index (κ3) is 4.82. The fraction of sp³-hybridized carbons (Fsp3) is 0.538. The van der Waals surface area contributed by atoms with Gasteiger partial charge in [0.2, 0.25) is 0 Å². The van der Waals surface area contributed by atoms with Crippen LogP contribution in [-0.4, -0.2) is 33.8 Å². The highest BCUT2D eigenvalue weighted by Gasteiger charge is 2.34. The van der Waals surface area contributed by atoms with Gasteiger partial charge in [-0.25, -0.2) is 4.98 Å². The first kappa shape index (κ1) is 17.6. The Bertz CT molecular complexity index is 526. The van der Waals surface area contributed by atoms with Crippen molar-refractivity contribution in [3.63, 3.8) is 0 Å². The molecule has 8 heteroatoms. The van der Waals surface area contributed by atoms with Gasteiger partial charge in [0.25, 0.3) is 0 Å². The number of pyridine rings is 1. The van der Waals surface area contributed by atoms with E-state index in [9.17, 15) is 18.3 Å². The molecule has 0 aliphatic carbocycles. The molecule has 118 valence electrons. The number of nitrogens with two attached hydrogens (primary N) is 1. The van der Waals surface area contributed by atoms with Crippen molar-refractivity contribution in [1.82, 2.24) is 4.98 Å². The first-order chi connectivity index (χ1) is 9.45. The van der Waals surface area contributed by atoms with Crippen molar-refractivity contribution in [1.29, 1.82) is 0 Å². The Morgan fingerprint density at radius 1 is 1.38 bits per heavy atom. The summed E-state index contributed by atoms with van der Waals surface area (Å²) in [6, 6.07) is 2.05. The van der Waals surface area contributed by atoms with Crippen LogP contribution in [0.5, 0.6) is 0 Å². The van der Waals surface area contributed by atoms with Crippen LogP contribution in [-0.2, 0) is 6.18 Å². The molecule has 1 heterocycles. The van der Waals surface area contributed by atoms with Crippen LogP contribution in [0.4, 0.5) is 19.0 Å². The van der Waals surface area contributed by atoms with E-state index in [1.807, 2.05) is 0 Å². The lowest BCUT2D eigenvalue weighted by molar-refractivity contribution is -0.141. The number of aliphatic hydroxyl groups is 1. The first-order valence-corrected chi connectivity index (χ1v) is 6.72. The number of hydrogen-bond acceptors (Lipinski definition) is 4. The summed E-state index contributed by atoms with van der Waals surface area (Å²) in [6.45, 7) is 5.33. The molecular formula is C13H18F3N3OS. The van der Waals surface area contributed by atoms with Crippen LogP contribution in [0.3, 0.4) is 0 Å². The van der Waals surface area contributed by atoms with Crippen molar-refractivity contribution in [2.75, 3.05) is 18.0 Å². The van der Waals surface area contributed by atoms with E-state index < -0.39 is 17.5 Å². The average Bonchev–Trinajstić information content (AvgIpc) is 2.33. The summed E-state index contributed by atoms with van der Waals surface area (Å²) in [5, 5.41) is 9.88. The standard InChI is InChI=1S/C13H18F3N3OS/c1-4-19(7-12(2,3)20)11-8(10(17)21)5-6-9(18-11)13(14,15)16/h5-6,20H,4,7H2,1-3H3,(H2,17,21). The highest BCUT2D eigenvalue weighted by Crippen LogP contribution is 2.31. The zero-order chi connectivity index (χ0) is 16.4. The van der Waals surface area contributed by atoms with Gasteiger partial charge in [-0.05, 0) is 32.9 Å². The van der Waals surface area contributed by atoms with E-state index in [4.69, 9.17) is 18.0 Å². The zero-order valence-corrected chi connectivity index (χ0v) is 12.8. The lowest BCUT2D eigenvalue weighted by Crippen LogP contribution is -2.40. The minimum atomic E-state index is -4.56. The smallest absolute Gasteiger partial charge is 0.389 e. The van der Waals surface area contributed by atoms with Crippen molar-refractivity contribution in [3.8, 4) is 0 Å². The second-order valence-electron chi connectivity index (χ2n) is 5.26. The van der Waals surface area contributed by atoms with E-state index in [2.05, 4.69) is 4.98 Å². The van der Waals surface area contributed by atoms with E-state index in [1.165, 1.54) is 11.0 Å². The summed E-state index contributed by atoms with van der Waals surface area (Å²) < 4.78 is 38.4. The molecule has 0 aliphatic heterocycles. The lowest BCUT2D eigenvalue weighted by Gasteiger charge is -2.30. The molecule has 0 amide bonds. The second kappa shape index (κ2) is 6.15. The number of alkyl halides is 3. The van der Waals surface area contributed by atoms with E-state index in [-0.39, 0.29) is 22.9 Å². The molecule has 3 N–H and O–H groups in total. The number of thiocarbonyl (C=S) groups is 1. The number of hydrogen-bond donors (Lipinski definition) is 2. The molecule has 0 fully saturated rings. The highest BCUT2D eigenvalue weighted by molar-refractivity contribution is 7.80. The van der Waals surface area contributed by atoms with Crippen LogP contribution in [0.15, 0.2) is 12.1 Å². The predicted molar refractivity (Wildman–Crippen MR) is 79.3 cm³/mol. The van der Waals surface area contributed by atoms with Gasteiger partial charge in [-0.2, -0.15) is 13.2 Å². The van der Waals surface area contributed by atoms with Gasteiger partial charge in [-0.3, -0.25) is 0 Å². The summed E-state index contributed by atoms with van der Waals surface area (Å²) in [5.74, 6) is 0.0296. The summed E-state index contributed by atoms with van der Waals surface area (Å²) in [5.41, 5.74) is 3.69. The summed E-state index contributed by atoms with van der Waals surface area (Å²) in [4.78, 5) is 5.12. The Labute approximate surface area is 126 Å². The van der Waals surface area contributed by atoms with E-state index >= 15 is 0 Å².